The van der Waals surface area contributed by atoms with Gasteiger partial charge in [0.05, 0.1) is 72.5 Å². The maximum Gasteiger partial charge on any atom is 0.408 e. The molecule has 10 amide bonds. The number of carbonyl (C=O) groups excluding carboxylic acids is 12. The van der Waals surface area contributed by atoms with Crippen LogP contribution in [0.4, 0.5) is 4.79 Å². The largest absolute Gasteiger partial charge is 0.456 e. The van der Waals surface area contributed by atoms with E-state index in [0.717, 1.165) is 4.90 Å². The molecule has 1 unspecified atom stereocenters. The molecule has 0 aromatic heterocycles. The number of hydrogen-bond acceptors (Lipinski definition) is 19. The Labute approximate surface area is 558 Å². The number of alkyl carbamates (subject to hydrolysis) is 1. The number of benzene rings is 1. The first-order chi connectivity index (χ1) is 45.2. The van der Waals surface area contributed by atoms with Gasteiger partial charge in [0.1, 0.15) is 36.4 Å². The lowest BCUT2D eigenvalue weighted by atomic mass is 9.90. The third-order valence-electron chi connectivity index (χ3n) is 15.9. The molecule has 1 aromatic carbocycles. The van der Waals surface area contributed by atoms with E-state index in [2.05, 4.69) is 31.9 Å². The molecule has 0 fully saturated rings. The highest BCUT2D eigenvalue weighted by molar-refractivity contribution is 6.12. The third kappa shape index (κ3) is 30.0. The van der Waals surface area contributed by atoms with Gasteiger partial charge in [-0.2, -0.15) is 0 Å². The zero-order valence-corrected chi connectivity index (χ0v) is 57.4. The molecule has 95 heavy (non-hydrogen) atoms. The number of ether oxygens (including phenoxy) is 7. The molecule has 2 aliphatic heterocycles. The number of allylic oxidation sites excluding steroid dienone is 1. The van der Waals surface area contributed by atoms with Crippen molar-refractivity contribution >= 4 is 71.2 Å². The van der Waals surface area contributed by atoms with E-state index in [9.17, 15) is 57.5 Å². The first-order valence-corrected chi connectivity index (χ1v) is 32.7. The summed E-state index contributed by atoms with van der Waals surface area (Å²) in [6.07, 6.45) is 3.63. The van der Waals surface area contributed by atoms with E-state index in [4.69, 9.17) is 33.2 Å². The Bertz CT molecular complexity index is 2780. The van der Waals surface area contributed by atoms with Gasteiger partial charge >= 0.3 is 18.0 Å². The van der Waals surface area contributed by atoms with Crippen LogP contribution < -0.4 is 31.9 Å². The minimum Gasteiger partial charge on any atom is -0.456 e. The molecule has 0 spiro atoms. The van der Waals surface area contributed by atoms with Gasteiger partial charge in [0, 0.05) is 70.1 Å². The minimum atomic E-state index is -1.38. The standard InChI is InChI=1S/C67H103N9O19/c1-13-44(5)59-62(83)72-49(10)66(87)95-60(45(6)14-2)47(8)52(94-67(88)70-42-69-55(78)28-31-89-33-35-91-37-38-92-36-34-90-32-29-68-54(77)23-19-16-20-30-76-57(80)26-27-58(76)81)25-24-46(7)65(86)93-53(39-43(3)4)61(82)71-48(9)63(84)75(12)51(40-50-21-17-15-18-22-50)64(85)74(11)41-56(79)73-59/h14-15,17-18,21-22,24,26-27,43-44,47-49,51-53,59-60H,13,16,19-20,23,25,28-42H2,1-12H3,(H,68,77)(H,69,78)(H,70,88)(H,71,82)(H,72,83)(H,73,79)/b45-14+,46-24+/t44?,47-,48-,49+,51+,52-,53+,59-,60+/m0/s1. The third-order valence-corrected chi connectivity index (χ3v) is 15.9. The van der Waals surface area contributed by atoms with Gasteiger partial charge in [0.2, 0.25) is 35.4 Å². The number of nitrogens with zero attached hydrogens (tertiary/aromatic N) is 3. The minimum absolute atomic E-state index is 0.0141. The highest BCUT2D eigenvalue weighted by Crippen LogP contribution is 2.26. The van der Waals surface area contributed by atoms with Gasteiger partial charge < -0.3 is 74.9 Å². The highest BCUT2D eigenvalue weighted by atomic mass is 16.6. The van der Waals surface area contributed by atoms with E-state index in [1.165, 1.54) is 62.9 Å². The average molecular weight is 1340 g/mol. The van der Waals surface area contributed by atoms with Crippen LogP contribution in [-0.2, 0) is 92.3 Å². The van der Waals surface area contributed by atoms with Crippen molar-refractivity contribution in [3.8, 4) is 0 Å². The highest BCUT2D eigenvalue weighted by Gasteiger charge is 2.38. The summed E-state index contributed by atoms with van der Waals surface area (Å²) in [6.45, 7) is 18.4. The Kier molecular flexibility index (Phi) is 37.4. The molecule has 0 saturated heterocycles. The molecule has 6 N–H and O–H groups in total. The van der Waals surface area contributed by atoms with Crippen LogP contribution in [0, 0.1) is 17.8 Å². The second kappa shape index (κ2) is 43.8. The second-order valence-corrected chi connectivity index (χ2v) is 24.1. The Balaban J connectivity index is 1.63. The van der Waals surface area contributed by atoms with E-state index in [-0.39, 0.29) is 88.0 Å². The van der Waals surface area contributed by atoms with E-state index in [0.29, 0.717) is 82.8 Å². The van der Waals surface area contributed by atoms with Crippen molar-refractivity contribution in [1.29, 1.82) is 0 Å². The van der Waals surface area contributed by atoms with Gasteiger partial charge in [-0.15, -0.1) is 0 Å². The molecule has 0 aliphatic carbocycles. The predicted molar refractivity (Wildman–Crippen MR) is 349 cm³/mol. The van der Waals surface area contributed by atoms with Crippen LogP contribution >= 0.6 is 0 Å². The van der Waals surface area contributed by atoms with Crippen LogP contribution in [0.2, 0.25) is 0 Å². The fourth-order valence-corrected chi connectivity index (χ4v) is 9.84. The summed E-state index contributed by atoms with van der Waals surface area (Å²) in [4.78, 5) is 163. The molecular formula is C67H103N9O19. The van der Waals surface area contributed by atoms with E-state index in [1.807, 2.05) is 20.8 Å². The molecule has 1 aromatic rings. The van der Waals surface area contributed by atoms with Gasteiger partial charge in [-0.1, -0.05) is 89.9 Å². The predicted octanol–water partition coefficient (Wildman–Crippen LogP) is 3.10. The summed E-state index contributed by atoms with van der Waals surface area (Å²) in [5, 5.41) is 15.9. The van der Waals surface area contributed by atoms with Crippen molar-refractivity contribution in [2.45, 2.75) is 170 Å². The van der Waals surface area contributed by atoms with Crippen LogP contribution in [0.1, 0.15) is 126 Å². The molecule has 2 aliphatic rings. The SMILES string of the molecule is C/C=C(\C)[C@H]1OC(=O)[C@@H](C)NC(=O)[C@H](C(C)CC)NC(=O)CN(C)C(=O)[C@@H](Cc2ccccc2)N(C)C(=O)[C@H](C)NC(=O)[C@@H](CC(C)C)OC(=O)/C(C)=C/C[C@H](OC(=O)NCNC(=O)CCOCCOCCOCCOCCNC(=O)CCCCCN2C(=O)C=CC2=O)[C@@H]1C. The number of carbonyl (C=O) groups is 12. The number of amides is 10. The molecule has 0 saturated carbocycles. The Morgan fingerprint density at radius 1 is 0.716 bits per heavy atom. The van der Waals surface area contributed by atoms with Crippen molar-refractivity contribution < 1.29 is 90.7 Å². The van der Waals surface area contributed by atoms with Crippen LogP contribution in [0.25, 0.3) is 0 Å². The van der Waals surface area contributed by atoms with E-state index in [1.54, 1.807) is 64.1 Å². The van der Waals surface area contributed by atoms with Gasteiger partial charge in [-0.05, 0) is 76.9 Å². The number of esters is 2. The van der Waals surface area contributed by atoms with Crippen molar-refractivity contribution in [2.75, 3.05) is 93.3 Å². The molecular weight excluding hydrogens is 1230 g/mol. The van der Waals surface area contributed by atoms with Gasteiger partial charge in [0.25, 0.3) is 17.7 Å². The summed E-state index contributed by atoms with van der Waals surface area (Å²) in [5.74, 6) is -7.90. The maximum absolute atomic E-state index is 14.3. The molecule has 28 heteroatoms. The number of nitrogens with one attached hydrogen (secondary N) is 6. The lowest BCUT2D eigenvalue weighted by molar-refractivity contribution is -0.155. The number of hydrogen-bond donors (Lipinski definition) is 6. The maximum atomic E-state index is 14.3. The summed E-state index contributed by atoms with van der Waals surface area (Å²) >= 11 is 0. The summed E-state index contributed by atoms with van der Waals surface area (Å²) < 4.78 is 39.9. The van der Waals surface area contributed by atoms with Crippen molar-refractivity contribution in [2.24, 2.45) is 17.8 Å². The summed E-state index contributed by atoms with van der Waals surface area (Å²) in [6, 6.07) is 4.05. The fraction of sp³-hybridized carbons (Fsp3) is 0.642. The Morgan fingerprint density at radius 3 is 1.93 bits per heavy atom. The zero-order valence-electron chi connectivity index (χ0n) is 57.4. The molecule has 9 atom stereocenters. The number of likely N-dealkylation sites (N-methyl/N-ethyl adjacent to an activating group) is 2. The van der Waals surface area contributed by atoms with Crippen LogP contribution in [-0.4, -0.2) is 222 Å². The van der Waals surface area contributed by atoms with Gasteiger partial charge in [0.15, 0.2) is 6.10 Å². The number of unbranched alkanes of at least 4 members (excludes halogenated alkanes) is 2. The summed E-state index contributed by atoms with van der Waals surface area (Å²) in [5.41, 5.74) is 1.24. The number of rotatable bonds is 31. The van der Waals surface area contributed by atoms with Crippen molar-refractivity contribution in [3.05, 3.63) is 71.3 Å². The first-order valence-electron chi connectivity index (χ1n) is 32.7. The smallest absolute Gasteiger partial charge is 0.408 e. The number of cyclic esters (lactones) is 2. The Morgan fingerprint density at radius 2 is 1.32 bits per heavy atom. The molecule has 2 heterocycles. The second-order valence-electron chi connectivity index (χ2n) is 24.1. The monoisotopic (exact) mass is 1340 g/mol. The van der Waals surface area contributed by atoms with E-state index >= 15 is 0 Å². The van der Waals surface area contributed by atoms with Crippen LogP contribution in [0.3, 0.4) is 0 Å². The lowest BCUT2D eigenvalue weighted by Crippen LogP contribution is -2.57. The van der Waals surface area contributed by atoms with Crippen LogP contribution in [0.15, 0.2) is 65.8 Å². The lowest BCUT2D eigenvalue weighted by Gasteiger charge is -2.33. The quantitative estimate of drug-likeness (QED) is 0.0155. The molecule has 530 valence electrons. The van der Waals surface area contributed by atoms with Gasteiger partial charge in [-0.25, -0.2) is 14.4 Å². The fourth-order valence-electron chi connectivity index (χ4n) is 9.84. The molecule has 3 rings (SSSR count). The van der Waals surface area contributed by atoms with Crippen LogP contribution in [0.5, 0.6) is 0 Å². The van der Waals surface area contributed by atoms with Gasteiger partial charge in [-0.3, -0.25) is 48.1 Å². The summed E-state index contributed by atoms with van der Waals surface area (Å²) in [7, 11) is 2.80. The number of imide groups is 1. The van der Waals surface area contributed by atoms with Crippen molar-refractivity contribution in [3.63, 3.8) is 0 Å². The van der Waals surface area contributed by atoms with E-state index < -0.39 is 114 Å². The molecule has 0 bridgehead atoms. The zero-order chi connectivity index (χ0) is 70.6. The topological polar surface area (TPSA) is 351 Å². The molecule has 28 nitrogen and oxygen atoms in total. The Hall–Kier alpha value is -8.08. The average Bonchev–Trinajstić information content (AvgIpc) is 1.57. The normalized spacial score (nSPS) is 22.9. The first kappa shape index (κ1) is 81.2. The molecule has 0 radical (unpaired) electrons. The van der Waals surface area contributed by atoms with Crippen molar-refractivity contribution in [1.82, 2.24) is 46.6 Å².